The molecule has 3 rings (SSSR count). The van der Waals surface area contributed by atoms with Gasteiger partial charge in [0, 0.05) is 18.2 Å². The van der Waals surface area contributed by atoms with Gasteiger partial charge in [-0.05, 0) is 36.6 Å². The number of carbonyl (C=O) groups excluding carboxylic acids is 1. The molecule has 1 aliphatic rings. The second-order valence-corrected chi connectivity index (χ2v) is 5.48. The van der Waals surface area contributed by atoms with Gasteiger partial charge < -0.3 is 9.64 Å². The zero-order chi connectivity index (χ0) is 15.0. The molecule has 1 atom stereocenters. The van der Waals surface area contributed by atoms with Crippen LogP contribution in [0.15, 0.2) is 42.5 Å². The van der Waals surface area contributed by atoms with Crippen LogP contribution in [0.3, 0.4) is 0 Å². The first-order valence-electron chi connectivity index (χ1n) is 7.14. The molecule has 3 nitrogen and oxygen atoms in total. The smallest absolute Gasteiger partial charge is 0.224 e. The highest BCUT2D eigenvalue weighted by Crippen LogP contribution is 2.43. The molecule has 0 aromatic heterocycles. The van der Waals surface area contributed by atoms with Crippen LogP contribution in [0, 0.1) is 6.92 Å². The van der Waals surface area contributed by atoms with E-state index in [9.17, 15) is 4.79 Å². The maximum Gasteiger partial charge on any atom is 0.224 e. The van der Waals surface area contributed by atoms with Gasteiger partial charge in [0.15, 0.2) is 0 Å². The van der Waals surface area contributed by atoms with Crippen molar-refractivity contribution in [1.82, 2.24) is 0 Å². The summed E-state index contributed by atoms with van der Waals surface area (Å²) in [6.07, 6.45) is 0.829. The third-order valence-electron chi connectivity index (χ3n) is 4.06. The van der Waals surface area contributed by atoms with Gasteiger partial charge in [0.05, 0.1) is 13.2 Å². The van der Waals surface area contributed by atoms with Gasteiger partial charge in [0.1, 0.15) is 5.75 Å². The lowest BCUT2D eigenvalue weighted by Crippen LogP contribution is -2.30. The molecule has 108 valence electrons. The lowest BCUT2D eigenvalue weighted by Gasteiger charge is -2.26. The molecule has 1 aliphatic heterocycles. The van der Waals surface area contributed by atoms with Crippen molar-refractivity contribution < 1.29 is 9.53 Å². The van der Waals surface area contributed by atoms with Crippen molar-refractivity contribution in [3.8, 4) is 5.75 Å². The normalized spacial score (nSPS) is 16.7. The summed E-state index contributed by atoms with van der Waals surface area (Å²) in [5.41, 5.74) is 4.44. The van der Waals surface area contributed by atoms with Gasteiger partial charge in [-0.1, -0.05) is 30.3 Å². The number of ether oxygens (including phenoxy) is 1. The van der Waals surface area contributed by atoms with Gasteiger partial charge in [-0.25, -0.2) is 0 Å². The van der Waals surface area contributed by atoms with E-state index in [4.69, 9.17) is 4.74 Å². The van der Waals surface area contributed by atoms with Crippen molar-refractivity contribution in [3.05, 3.63) is 59.2 Å². The molecule has 0 saturated carbocycles. The Morgan fingerprint density at radius 1 is 1.24 bits per heavy atom. The van der Waals surface area contributed by atoms with Crippen molar-refractivity contribution in [2.75, 3.05) is 12.0 Å². The average Bonchev–Trinajstić information content (AvgIpc) is 2.86. The molecule has 0 bridgehead atoms. The van der Waals surface area contributed by atoms with Crippen LogP contribution in [0.1, 0.15) is 29.7 Å². The first kappa shape index (κ1) is 13.7. The summed E-state index contributed by atoms with van der Waals surface area (Å²) >= 11 is 0. The minimum Gasteiger partial charge on any atom is -0.496 e. The highest BCUT2D eigenvalue weighted by molar-refractivity contribution is 5.95. The van der Waals surface area contributed by atoms with E-state index in [2.05, 4.69) is 18.2 Å². The number of aryl methyl sites for hydroxylation is 1. The Labute approximate surface area is 125 Å². The van der Waals surface area contributed by atoms with Crippen molar-refractivity contribution >= 4 is 11.6 Å². The number of hydrogen-bond acceptors (Lipinski definition) is 2. The van der Waals surface area contributed by atoms with E-state index in [1.807, 2.05) is 36.1 Å². The molecule has 0 aliphatic carbocycles. The Kier molecular flexibility index (Phi) is 3.42. The second kappa shape index (κ2) is 5.24. The van der Waals surface area contributed by atoms with E-state index >= 15 is 0 Å². The van der Waals surface area contributed by atoms with E-state index in [-0.39, 0.29) is 11.9 Å². The maximum atomic E-state index is 12.1. The fraction of sp³-hybridized carbons (Fsp3) is 0.278. The molecule has 0 fully saturated rings. The standard InChI is InChI=1S/C18H19NO2/c1-12-8-9-15(18(10-12)21-3)17-11-14-6-4-5-7-16(14)19(17)13(2)20/h4-10,17H,11H2,1-3H3. The Hall–Kier alpha value is -2.29. The molecule has 2 aromatic rings. The molecule has 0 spiro atoms. The Bertz CT molecular complexity index is 693. The van der Waals surface area contributed by atoms with Gasteiger partial charge in [-0.2, -0.15) is 0 Å². The fourth-order valence-electron chi connectivity index (χ4n) is 3.12. The summed E-state index contributed by atoms with van der Waals surface area (Å²) in [5, 5.41) is 0. The SMILES string of the molecule is COc1cc(C)ccc1C1Cc2ccccc2N1C(C)=O. The van der Waals surface area contributed by atoms with Crippen LogP contribution in [0.4, 0.5) is 5.69 Å². The van der Waals surface area contributed by atoms with Crippen LogP contribution in [0.2, 0.25) is 0 Å². The highest BCUT2D eigenvalue weighted by Gasteiger charge is 2.34. The van der Waals surface area contributed by atoms with Gasteiger partial charge >= 0.3 is 0 Å². The van der Waals surface area contributed by atoms with Gasteiger partial charge in [0.25, 0.3) is 0 Å². The molecule has 1 amide bonds. The maximum absolute atomic E-state index is 12.1. The molecule has 0 radical (unpaired) electrons. The number of hydrogen-bond donors (Lipinski definition) is 0. The first-order chi connectivity index (χ1) is 10.1. The third kappa shape index (κ3) is 2.29. The fourth-order valence-corrected chi connectivity index (χ4v) is 3.12. The molecule has 1 heterocycles. The highest BCUT2D eigenvalue weighted by atomic mass is 16.5. The van der Waals surface area contributed by atoms with Gasteiger partial charge in [-0.3, -0.25) is 4.79 Å². The first-order valence-corrected chi connectivity index (χ1v) is 7.14. The molecule has 0 saturated heterocycles. The zero-order valence-corrected chi connectivity index (χ0v) is 12.6. The average molecular weight is 281 g/mol. The van der Waals surface area contributed by atoms with Gasteiger partial charge in [-0.15, -0.1) is 0 Å². The predicted octanol–water partition coefficient (Wildman–Crippen LogP) is 3.65. The summed E-state index contributed by atoms with van der Waals surface area (Å²) in [6, 6.07) is 14.3. The Balaban J connectivity index is 2.09. The molecule has 2 aromatic carbocycles. The van der Waals surface area contributed by atoms with Crippen LogP contribution in [0.25, 0.3) is 0 Å². The minimum atomic E-state index is 0.00968. The van der Waals surface area contributed by atoms with Crippen LogP contribution in [0.5, 0.6) is 5.75 Å². The van der Waals surface area contributed by atoms with Crippen molar-refractivity contribution in [1.29, 1.82) is 0 Å². The minimum absolute atomic E-state index is 0.00968. The molecule has 0 N–H and O–H groups in total. The Morgan fingerprint density at radius 3 is 2.71 bits per heavy atom. The molecular formula is C18H19NO2. The van der Waals surface area contributed by atoms with E-state index in [1.165, 1.54) is 5.56 Å². The number of rotatable bonds is 2. The molecule has 21 heavy (non-hydrogen) atoms. The molecule has 1 unspecified atom stereocenters. The number of benzene rings is 2. The summed E-state index contributed by atoms with van der Waals surface area (Å²) in [6.45, 7) is 3.66. The zero-order valence-electron chi connectivity index (χ0n) is 12.6. The van der Waals surface area contributed by atoms with E-state index < -0.39 is 0 Å². The Morgan fingerprint density at radius 2 is 2.00 bits per heavy atom. The lowest BCUT2D eigenvalue weighted by atomic mass is 10.00. The third-order valence-corrected chi connectivity index (χ3v) is 4.06. The quantitative estimate of drug-likeness (QED) is 0.841. The lowest BCUT2D eigenvalue weighted by molar-refractivity contribution is -0.116. The summed E-state index contributed by atoms with van der Waals surface area (Å²) in [5.74, 6) is 0.909. The van der Waals surface area contributed by atoms with Crippen molar-refractivity contribution in [3.63, 3.8) is 0 Å². The number of amides is 1. The number of methoxy groups -OCH3 is 1. The summed E-state index contributed by atoms with van der Waals surface area (Å²) in [7, 11) is 1.68. The largest absolute Gasteiger partial charge is 0.496 e. The van der Waals surface area contributed by atoms with Crippen LogP contribution < -0.4 is 9.64 Å². The van der Waals surface area contributed by atoms with E-state index in [0.717, 1.165) is 29.0 Å². The topological polar surface area (TPSA) is 29.5 Å². The molecule has 3 heteroatoms. The molecular weight excluding hydrogens is 262 g/mol. The number of fused-ring (bicyclic) bond motifs is 1. The van der Waals surface area contributed by atoms with E-state index in [0.29, 0.717) is 0 Å². The number of para-hydroxylation sites is 1. The monoisotopic (exact) mass is 281 g/mol. The summed E-state index contributed by atoms with van der Waals surface area (Å²) < 4.78 is 5.53. The van der Waals surface area contributed by atoms with Crippen molar-refractivity contribution in [2.24, 2.45) is 0 Å². The van der Waals surface area contributed by atoms with Crippen LogP contribution in [-0.4, -0.2) is 13.0 Å². The van der Waals surface area contributed by atoms with E-state index in [1.54, 1.807) is 14.0 Å². The predicted molar refractivity (Wildman–Crippen MR) is 83.8 cm³/mol. The number of anilines is 1. The number of nitrogens with zero attached hydrogens (tertiary/aromatic N) is 1. The number of carbonyl (C=O) groups is 1. The van der Waals surface area contributed by atoms with Crippen LogP contribution in [-0.2, 0) is 11.2 Å². The van der Waals surface area contributed by atoms with Crippen LogP contribution >= 0.6 is 0 Å². The van der Waals surface area contributed by atoms with Gasteiger partial charge in [0.2, 0.25) is 5.91 Å². The van der Waals surface area contributed by atoms with Crippen molar-refractivity contribution in [2.45, 2.75) is 26.3 Å². The second-order valence-electron chi connectivity index (χ2n) is 5.48. The summed E-state index contributed by atoms with van der Waals surface area (Å²) in [4.78, 5) is 14.0.